The topological polar surface area (TPSA) is 74.5 Å². The molecule has 0 unspecified atom stereocenters. The minimum Gasteiger partial charge on any atom is -0.476 e. The summed E-state index contributed by atoms with van der Waals surface area (Å²) in [5, 5.41) is 17.2. The Morgan fingerprint density at radius 2 is 1.81 bits per heavy atom. The quantitative estimate of drug-likeness (QED) is 0.873. The van der Waals surface area contributed by atoms with Crippen LogP contribution in [0.1, 0.15) is 37.0 Å². The molecule has 21 heavy (non-hydrogen) atoms. The van der Waals surface area contributed by atoms with Gasteiger partial charge in [0.05, 0.1) is 12.2 Å². The lowest BCUT2D eigenvalue weighted by molar-refractivity contribution is 0.0687. The monoisotopic (exact) mass is 295 g/mol. The standard InChI is InChI=1S/C14H25N5O2/c1-14(2,3)12-11(13(20)21)15-16-19(12)10-9-18-7-5-17(4)6-8-18/h5-10H2,1-4H3,(H,20,21). The fraction of sp³-hybridized carbons (Fsp3) is 0.786. The predicted molar refractivity (Wildman–Crippen MR) is 79.6 cm³/mol. The van der Waals surface area contributed by atoms with E-state index in [1.165, 1.54) is 0 Å². The molecule has 0 bridgehead atoms. The van der Waals surface area contributed by atoms with Gasteiger partial charge in [-0.05, 0) is 7.05 Å². The first kappa shape index (κ1) is 15.9. The van der Waals surface area contributed by atoms with Gasteiger partial charge in [0.2, 0.25) is 0 Å². The van der Waals surface area contributed by atoms with Crippen LogP contribution in [-0.4, -0.2) is 75.6 Å². The largest absolute Gasteiger partial charge is 0.476 e. The van der Waals surface area contributed by atoms with E-state index < -0.39 is 5.97 Å². The second-order valence-corrected chi connectivity index (χ2v) is 6.71. The summed E-state index contributed by atoms with van der Waals surface area (Å²) in [6.45, 7) is 11.8. The van der Waals surface area contributed by atoms with Gasteiger partial charge < -0.3 is 10.0 Å². The molecule has 1 fully saturated rings. The first-order chi connectivity index (χ1) is 9.79. The molecular formula is C14H25N5O2. The van der Waals surface area contributed by atoms with Gasteiger partial charge >= 0.3 is 5.97 Å². The minimum atomic E-state index is -1.01. The maximum atomic E-state index is 11.3. The van der Waals surface area contributed by atoms with E-state index >= 15 is 0 Å². The predicted octanol–water partition coefficient (Wildman–Crippen LogP) is 0.521. The average molecular weight is 295 g/mol. The van der Waals surface area contributed by atoms with Crippen LogP contribution in [0.3, 0.4) is 0 Å². The number of nitrogens with zero attached hydrogens (tertiary/aromatic N) is 5. The maximum absolute atomic E-state index is 11.3. The number of hydrogen-bond donors (Lipinski definition) is 1. The van der Waals surface area contributed by atoms with Gasteiger partial charge in [-0.3, -0.25) is 4.90 Å². The third kappa shape index (κ3) is 3.79. The highest BCUT2D eigenvalue weighted by atomic mass is 16.4. The van der Waals surface area contributed by atoms with E-state index in [0.717, 1.165) is 32.7 Å². The summed E-state index contributed by atoms with van der Waals surface area (Å²) in [4.78, 5) is 16.0. The first-order valence-corrected chi connectivity index (χ1v) is 7.37. The lowest BCUT2D eigenvalue weighted by Crippen LogP contribution is -2.45. The van der Waals surface area contributed by atoms with Gasteiger partial charge in [0.15, 0.2) is 5.69 Å². The number of carboxylic acids is 1. The van der Waals surface area contributed by atoms with Gasteiger partial charge in [-0.15, -0.1) is 5.10 Å². The molecule has 2 rings (SSSR count). The van der Waals surface area contributed by atoms with Crippen LogP contribution in [0.4, 0.5) is 0 Å². The van der Waals surface area contributed by atoms with Gasteiger partial charge in [-0.25, -0.2) is 9.48 Å². The molecule has 7 nitrogen and oxygen atoms in total. The molecule has 1 aromatic rings. The van der Waals surface area contributed by atoms with Crippen molar-refractivity contribution in [1.29, 1.82) is 0 Å². The molecule has 2 heterocycles. The third-order valence-electron chi connectivity index (χ3n) is 3.87. The molecule has 118 valence electrons. The molecule has 0 aliphatic carbocycles. The maximum Gasteiger partial charge on any atom is 0.358 e. The second kappa shape index (κ2) is 6.11. The highest BCUT2D eigenvalue weighted by molar-refractivity contribution is 5.86. The minimum absolute atomic E-state index is 0.0703. The van der Waals surface area contributed by atoms with Gasteiger partial charge in [0, 0.05) is 38.1 Å². The van der Waals surface area contributed by atoms with Crippen molar-refractivity contribution < 1.29 is 9.90 Å². The van der Waals surface area contributed by atoms with Crippen molar-refractivity contribution in [3.05, 3.63) is 11.4 Å². The number of aromatic nitrogens is 3. The van der Waals surface area contributed by atoms with Crippen LogP contribution in [-0.2, 0) is 12.0 Å². The van der Waals surface area contributed by atoms with Crippen molar-refractivity contribution in [3.8, 4) is 0 Å². The lowest BCUT2D eigenvalue weighted by atomic mass is 9.90. The summed E-state index contributed by atoms with van der Waals surface area (Å²) in [5.74, 6) is -1.01. The second-order valence-electron chi connectivity index (χ2n) is 6.71. The molecule has 0 saturated carbocycles. The molecule has 1 aliphatic rings. The Morgan fingerprint density at radius 1 is 1.19 bits per heavy atom. The Morgan fingerprint density at radius 3 is 2.33 bits per heavy atom. The van der Waals surface area contributed by atoms with Gasteiger partial charge in [-0.1, -0.05) is 26.0 Å². The normalized spacial score (nSPS) is 18.1. The molecule has 0 aromatic carbocycles. The zero-order chi connectivity index (χ0) is 15.6. The Kier molecular flexibility index (Phi) is 4.63. The summed E-state index contributed by atoms with van der Waals surface area (Å²) in [6, 6.07) is 0. The number of piperazine rings is 1. The number of likely N-dealkylation sites (N-methyl/N-ethyl adjacent to an activating group) is 1. The molecule has 1 aliphatic heterocycles. The molecule has 0 radical (unpaired) electrons. The number of aromatic carboxylic acids is 1. The molecule has 0 spiro atoms. The van der Waals surface area contributed by atoms with Gasteiger partial charge in [0.1, 0.15) is 0 Å². The third-order valence-corrected chi connectivity index (χ3v) is 3.87. The zero-order valence-electron chi connectivity index (χ0n) is 13.3. The van der Waals surface area contributed by atoms with E-state index in [4.69, 9.17) is 0 Å². The number of carbonyl (C=O) groups is 1. The molecule has 1 saturated heterocycles. The molecule has 0 amide bonds. The molecule has 1 N–H and O–H groups in total. The van der Waals surface area contributed by atoms with Gasteiger partial charge in [-0.2, -0.15) is 0 Å². The number of hydrogen-bond acceptors (Lipinski definition) is 5. The lowest BCUT2D eigenvalue weighted by Gasteiger charge is -2.32. The van der Waals surface area contributed by atoms with Crippen LogP contribution < -0.4 is 0 Å². The van der Waals surface area contributed by atoms with Crippen LogP contribution in [0, 0.1) is 0 Å². The number of rotatable bonds is 4. The van der Waals surface area contributed by atoms with Crippen LogP contribution in [0.2, 0.25) is 0 Å². The van der Waals surface area contributed by atoms with Crippen LogP contribution in [0.5, 0.6) is 0 Å². The fourth-order valence-corrected chi connectivity index (χ4v) is 2.66. The van der Waals surface area contributed by atoms with E-state index in [-0.39, 0.29) is 11.1 Å². The van der Waals surface area contributed by atoms with Crippen molar-refractivity contribution in [1.82, 2.24) is 24.8 Å². The van der Waals surface area contributed by atoms with Crippen LogP contribution >= 0.6 is 0 Å². The van der Waals surface area contributed by atoms with Crippen LogP contribution in [0.15, 0.2) is 0 Å². The van der Waals surface area contributed by atoms with Crippen molar-refractivity contribution >= 4 is 5.97 Å². The van der Waals surface area contributed by atoms with Gasteiger partial charge in [0.25, 0.3) is 0 Å². The van der Waals surface area contributed by atoms with Crippen molar-refractivity contribution in [2.75, 3.05) is 39.8 Å². The highest BCUT2D eigenvalue weighted by Crippen LogP contribution is 2.24. The first-order valence-electron chi connectivity index (χ1n) is 7.37. The molecule has 1 aromatic heterocycles. The van der Waals surface area contributed by atoms with E-state index in [2.05, 4.69) is 27.2 Å². The average Bonchev–Trinajstić information content (AvgIpc) is 2.82. The summed E-state index contributed by atoms with van der Waals surface area (Å²) in [7, 11) is 2.13. The van der Waals surface area contributed by atoms with Crippen molar-refractivity contribution in [2.24, 2.45) is 0 Å². The van der Waals surface area contributed by atoms with E-state index in [1.807, 2.05) is 20.8 Å². The van der Waals surface area contributed by atoms with E-state index in [9.17, 15) is 9.90 Å². The summed E-state index contributed by atoms with van der Waals surface area (Å²) in [6.07, 6.45) is 0. The SMILES string of the molecule is CN1CCN(CCn2nnc(C(=O)O)c2C(C)(C)C)CC1. The molecular weight excluding hydrogens is 270 g/mol. The highest BCUT2D eigenvalue weighted by Gasteiger charge is 2.29. The summed E-state index contributed by atoms with van der Waals surface area (Å²) < 4.78 is 1.75. The Balaban J connectivity index is 2.08. The molecule has 7 heteroatoms. The Labute approximate surface area is 125 Å². The zero-order valence-corrected chi connectivity index (χ0v) is 13.3. The van der Waals surface area contributed by atoms with Crippen LogP contribution in [0.25, 0.3) is 0 Å². The number of carboxylic acid groups (broad SMARTS) is 1. The Bertz CT molecular complexity index is 498. The summed E-state index contributed by atoms with van der Waals surface area (Å²) in [5.41, 5.74) is 0.476. The summed E-state index contributed by atoms with van der Waals surface area (Å²) >= 11 is 0. The smallest absolute Gasteiger partial charge is 0.358 e. The fourth-order valence-electron chi connectivity index (χ4n) is 2.66. The Hall–Kier alpha value is -1.47. The van der Waals surface area contributed by atoms with E-state index in [1.54, 1.807) is 4.68 Å². The van der Waals surface area contributed by atoms with Crippen molar-refractivity contribution in [3.63, 3.8) is 0 Å². The molecule has 0 atom stereocenters. The van der Waals surface area contributed by atoms with Crippen molar-refractivity contribution in [2.45, 2.75) is 32.7 Å². The van der Waals surface area contributed by atoms with E-state index in [0.29, 0.717) is 12.2 Å².